The third-order valence-corrected chi connectivity index (χ3v) is 11.7. The predicted octanol–water partition coefficient (Wildman–Crippen LogP) is 8.73. The van der Waals surface area contributed by atoms with Crippen molar-refractivity contribution in [2.45, 2.75) is 83.1 Å². The zero-order chi connectivity index (χ0) is 37.2. The number of benzene rings is 7. The molecule has 0 radical (unpaired) electrons. The van der Waals surface area contributed by atoms with Crippen LogP contribution in [-0.4, -0.2) is 13.4 Å². The summed E-state index contributed by atoms with van der Waals surface area (Å²) < 4.78 is 0. The van der Waals surface area contributed by atoms with Gasteiger partial charge in [0.2, 0.25) is 13.4 Å². The second kappa shape index (κ2) is 13.6. The van der Waals surface area contributed by atoms with Crippen LogP contribution in [-0.2, 0) is 0 Å². The normalized spacial score (nSPS) is 11.5. The molecule has 2 heteroatoms. The molecule has 0 atom stereocenters. The van der Waals surface area contributed by atoms with Crippen molar-refractivity contribution in [3.05, 3.63) is 164 Å². The van der Waals surface area contributed by atoms with E-state index in [1.54, 1.807) is 0 Å². The molecule has 0 amide bonds. The van der Waals surface area contributed by atoms with Crippen molar-refractivity contribution < 1.29 is 0 Å². The number of aryl methyl sites for hydroxylation is 12. The monoisotopic (exact) mass is 674 g/mol. The molecule has 0 bridgehead atoms. The van der Waals surface area contributed by atoms with Gasteiger partial charge in [-0.15, -0.1) is 0 Å². The second-order valence-corrected chi connectivity index (χ2v) is 16.1. The maximum absolute atomic E-state index is 2.52. The molecule has 0 heterocycles. The lowest BCUT2D eigenvalue weighted by Gasteiger charge is -2.25. The van der Waals surface area contributed by atoms with Crippen molar-refractivity contribution in [2.24, 2.45) is 0 Å². The molecule has 0 aliphatic rings. The average Bonchev–Trinajstić information content (AvgIpc) is 3.04. The van der Waals surface area contributed by atoms with E-state index in [2.05, 4.69) is 180 Å². The molecule has 258 valence electrons. The lowest BCUT2D eigenvalue weighted by atomic mass is 9.34. The van der Waals surface area contributed by atoms with Crippen molar-refractivity contribution in [1.29, 1.82) is 0 Å². The van der Waals surface area contributed by atoms with Gasteiger partial charge in [-0.2, -0.15) is 0 Å². The van der Waals surface area contributed by atoms with Gasteiger partial charge in [0, 0.05) is 0 Å². The van der Waals surface area contributed by atoms with Gasteiger partial charge in [-0.25, -0.2) is 0 Å². The zero-order valence-corrected chi connectivity index (χ0v) is 33.4. The highest BCUT2D eigenvalue weighted by atomic mass is 14.2. The lowest BCUT2D eigenvalue weighted by molar-refractivity contribution is 1.34. The summed E-state index contributed by atoms with van der Waals surface area (Å²) in [5.74, 6) is 0. The van der Waals surface area contributed by atoms with Crippen LogP contribution < -0.4 is 32.8 Å². The van der Waals surface area contributed by atoms with Gasteiger partial charge in [0.25, 0.3) is 0 Å². The fourth-order valence-electron chi connectivity index (χ4n) is 9.99. The molecule has 0 fully saturated rings. The highest BCUT2D eigenvalue weighted by molar-refractivity contribution is 6.97. The van der Waals surface area contributed by atoms with Gasteiger partial charge in [-0.3, -0.25) is 0 Å². The summed E-state index contributed by atoms with van der Waals surface area (Å²) in [6.07, 6.45) is 0. The Hall–Kier alpha value is -4.81. The standard InChI is InChI=1S/C50H52B2/c1-29-19-33(5)47(34(6)20-29)51(48-35(7)21-30(2)22-36(48)8)43-17-15-41-13-14-42-16-18-44(28-46(42)45(41)27-43)52(49-37(9)23-31(3)24-38(49)10)50-39(11)25-32(4)26-40(50)12/h13-28H,1-12H3. The van der Waals surface area contributed by atoms with Crippen LogP contribution in [0.4, 0.5) is 0 Å². The van der Waals surface area contributed by atoms with Crippen molar-refractivity contribution in [2.75, 3.05) is 0 Å². The molecule has 0 aliphatic carbocycles. The minimum atomic E-state index is 0.132. The van der Waals surface area contributed by atoms with Crippen LogP contribution in [0.15, 0.2) is 97.1 Å². The van der Waals surface area contributed by atoms with E-state index in [1.807, 2.05) is 0 Å². The summed E-state index contributed by atoms with van der Waals surface area (Å²) >= 11 is 0. The van der Waals surface area contributed by atoms with Crippen LogP contribution in [0.25, 0.3) is 21.5 Å². The highest BCUT2D eigenvalue weighted by Crippen LogP contribution is 2.26. The zero-order valence-electron chi connectivity index (χ0n) is 33.4. The number of rotatable bonds is 6. The topological polar surface area (TPSA) is 0 Å². The molecule has 0 aliphatic heterocycles. The van der Waals surface area contributed by atoms with Crippen LogP contribution >= 0.6 is 0 Å². The van der Waals surface area contributed by atoms with E-state index >= 15 is 0 Å². The van der Waals surface area contributed by atoms with Crippen LogP contribution in [0.3, 0.4) is 0 Å². The first-order valence-corrected chi connectivity index (χ1v) is 19.0. The lowest BCUT2D eigenvalue weighted by Crippen LogP contribution is -2.56. The van der Waals surface area contributed by atoms with Crippen LogP contribution in [0.2, 0.25) is 0 Å². The molecule has 0 saturated heterocycles. The first-order chi connectivity index (χ1) is 24.7. The molecule has 0 spiro atoms. The number of hydrogen-bond acceptors (Lipinski definition) is 0. The molecule has 0 nitrogen and oxygen atoms in total. The molecular formula is C50H52B2. The van der Waals surface area contributed by atoms with E-state index in [-0.39, 0.29) is 13.4 Å². The Morgan fingerprint density at radius 2 is 0.481 bits per heavy atom. The Labute approximate surface area is 313 Å². The largest absolute Gasteiger partial charge is 0.242 e. The summed E-state index contributed by atoms with van der Waals surface area (Å²) in [6.45, 7) is 27.5. The third-order valence-electron chi connectivity index (χ3n) is 11.7. The smallest absolute Gasteiger partial charge is 0.0680 e. The first-order valence-electron chi connectivity index (χ1n) is 19.0. The Balaban J connectivity index is 1.52. The van der Waals surface area contributed by atoms with Gasteiger partial charge in [0.1, 0.15) is 0 Å². The predicted molar refractivity (Wildman–Crippen MR) is 233 cm³/mol. The van der Waals surface area contributed by atoms with Crippen LogP contribution in [0.5, 0.6) is 0 Å². The van der Waals surface area contributed by atoms with Crippen molar-refractivity contribution >= 4 is 67.7 Å². The summed E-state index contributed by atoms with van der Waals surface area (Å²) in [5.41, 5.74) is 24.6. The van der Waals surface area contributed by atoms with Crippen LogP contribution in [0.1, 0.15) is 66.8 Å². The van der Waals surface area contributed by atoms with E-state index in [0.717, 1.165) is 0 Å². The Kier molecular flexibility index (Phi) is 9.33. The van der Waals surface area contributed by atoms with Gasteiger partial charge < -0.3 is 0 Å². The maximum atomic E-state index is 2.52. The summed E-state index contributed by atoms with van der Waals surface area (Å²) in [7, 11) is 0. The molecule has 0 N–H and O–H groups in total. The first kappa shape index (κ1) is 35.6. The van der Waals surface area contributed by atoms with Gasteiger partial charge >= 0.3 is 0 Å². The van der Waals surface area contributed by atoms with E-state index in [1.165, 1.54) is 121 Å². The van der Waals surface area contributed by atoms with Gasteiger partial charge in [0.15, 0.2) is 0 Å². The molecule has 0 unspecified atom stereocenters. The maximum Gasteiger partial charge on any atom is 0.242 e. The number of fused-ring (bicyclic) bond motifs is 3. The molecular weight excluding hydrogens is 622 g/mol. The van der Waals surface area contributed by atoms with Crippen molar-refractivity contribution in [1.82, 2.24) is 0 Å². The number of hydrogen-bond donors (Lipinski definition) is 0. The Morgan fingerprint density at radius 3 is 0.712 bits per heavy atom. The molecule has 7 aromatic carbocycles. The Bertz CT molecular complexity index is 2170. The van der Waals surface area contributed by atoms with E-state index in [0.29, 0.717) is 0 Å². The molecule has 52 heavy (non-hydrogen) atoms. The van der Waals surface area contributed by atoms with E-state index in [4.69, 9.17) is 0 Å². The van der Waals surface area contributed by atoms with Crippen LogP contribution in [0, 0.1) is 83.1 Å². The van der Waals surface area contributed by atoms with Gasteiger partial charge in [-0.05, 0) is 105 Å². The quantitative estimate of drug-likeness (QED) is 0.122. The highest BCUT2D eigenvalue weighted by Gasteiger charge is 2.30. The van der Waals surface area contributed by atoms with E-state index < -0.39 is 0 Å². The summed E-state index contributed by atoms with van der Waals surface area (Å²) in [4.78, 5) is 0. The van der Waals surface area contributed by atoms with Gasteiger partial charge in [0.05, 0.1) is 0 Å². The average molecular weight is 675 g/mol. The minimum Gasteiger partial charge on any atom is -0.0680 e. The SMILES string of the molecule is Cc1cc(C)c(B(c2ccc3ccc4ccc(B(c5c(C)cc(C)cc5C)c5c(C)cc(C)cc5C)cc4c3c2)c2c(C)cc(C)cc2C)c(C)c1. The molecule has 0 aromatic heterocycles. The minimum absolute atomic E-state index is 0.132. The second-order valence-electron chi connectivity index (χ2n) is 16.1. The third kappa shape index (κ3) is 6.32. The van der Waals surface area contributed by atoms with Crippen molar-refractivity contribution in [3.63, 3.8) is 0 Å². The Morgan fingerprint density at radius 1 is 0.269 bits per heavy atom. The molecule has 7 rings (SSSR count). The summed E-state index contributed by atoms with van der Waals surface area (Å²) in [5, 5.41) is 5.20. The van der Waals surface area contributed by atoms with Crippen molar-refractivity contribution in [3.8, 4) is 0 Å². The fourth-order valence-corrected chi connectivity index (χ4v) is 9.99. The van der Waals surface area contributed by atoms with Gasteiger partial charge in [-0.1, -0.05) is 197 Å². The molecule has 7 aromatic rings. The fraction of sp³-hybridized carbons (Fsp3) is 0.240. The van der Waals surface area contributed by atoms with E-state index in [9.17, 15) is 0 Å². The summed E-state index contributed by atoms with van der Waals surface area (Å²) in [6, 6.07) is 38.1. The molecule has 0 saturated carbocycles.